The number of halogens is 3. The van der Waals surface area contributed by atoms with E-state index in [1.54, 1.807) is 0 Å². The van der Waals surface area contributed by atoms with Crippen molar-refractivity contribution >= 4 is 5.91 Å². The van der Waals surface area contributed by atoms with E-state index in [0.29, 0.717) is 0 Å². The van der Waals surface area contributed by atoms with Crippen molar-refractivity contribution in [3.05, 3.63) is 36.0 Å². The van der Waals surface area contributed by atoms with E-state index >= 15 is 0 Å². The fraction of sp³-hybridized carbons (Fsp3) is 0.125. The van der Waals surface area contributed by atoms with E-state index < -0.39 is 12.1 Å². The number of pyridine rings is 1. The van der Waals surface area contributed by atoms with Gasteiger partial charge in [0.05, 0.1) is 6.42 Å². The molecule has 0 saturated carbocycles. The van der Waals surface area contributed by atoms with E-state index in [1.807, 2.05) is 0 Å². The van der Waals surface area contributed by atoms with Crippen LogP contribution in [-0.4, -0.2) is 17.1 Å². The zero-order valence-electron chi connectivity index (χ0n) is 6.88. The predicted molar refractivity (Wildman–Crippen MR) is 42.2 cm³/mol. The topological polar surface area (TPSA) is 56.0 Å². The highest BCUT2D eigenvalue weighted by Crippen LogP contribution is 2.22. The third-order valence-electron chi connectivity index (χ3n) is 1.37. The molecule has 14 heavy (non-hydrogen) atoms. The monoisotopic (exact) mass is 203 g/mol. The normalized spacial score (nSPS) is 11.4. The second-order valence-electron chi connectivity index (χ2n) is 2.53. The first-order valence-corrected chi connectivity index (χ1v) is 3.57. The van der Waals surface area contributed by atoms with E-state index in [4.69, 9.17) is 5.73 Å². The van der Waals surface area contributed by atoms with E-state index in [-0.39, 0.29) is 17.7 Å². The molecule has 1 heterocycles. The number of carbonyl (C=O) groups is 1. The summed E-state index contributed by atoms with van der Waals surface area (Å²) in [6.45, 7) is 0. The Kier molecular flexibility index (Phi) is 2.73. The number of hydrogen-bond acceptors (Lipinski definition) is 2. The van der Waals surface area contributed by atoms with Crippen molar-refractivity contribution in [3.8, 4) is 0 Å². The van der Waals surface area contributed by atoms with Gasteiger partial charge in [0.1, 0.15) is 5.69 Å². The Hall–Kier alpha value is -1.59. The van der Waals surface area contributed by atoms with Gasteiger partial charge in [-0.3, -0.25) is 9.78 Å². The Morgan fingerprint density at radius 3 is 2.43 bits per heavy atom. The Morgan fingerprint density at radius 2 is 2.07 bits per heavy atom. The maximum absolute atomic E-state index is 11.8. The number of alkyl halides is 3. The Labute approximate surface area is 77.7 Å². The molecule has 0 saturated heterocycles. The molecule has 1 aromatic rings. The molecule has 0 aliphatic carbocycles. The molecule has 1 aromatic heterocycles. The summed E-state index contributed by atoms with van der Waals surface area (Å²) in [4.78, 5) is 14.0. The van der Waals surface area contributed by atoms with Crippen molar-refractivity contribution in [1.82, 2.24) is 4.98 Å². The summed E-state index contributed by atoms with van der Waals surface area (Å²) in [7, 11) is 0. The average Bonchev–Trinajstić information content (AvgIpc) is 2.02. The van der Waals surface area contributed by atoms with Crippen LogP contribution in [0.15, 0.2) is 18.3 Å². The van der Waals surface area contributed by atoms with E-state index in [1.165, 1.54) is 0 Å². The minimum atomic E-state index is -4.39. The molecule has 1 rings (SSSR count). The number of nitrogens with two attached hydrogens (primary N) is 1. The van der Waals surface area contributed by atoms with Gasteiger partial charge in [0.2, 0.25) is 0 Å². The smallest absolute Gasteiger partial charge is 0.364 e. The van der Waals surface area contributed by atoms with Crippen molar-refractivity contribution in [2.24, 2.45) is 5.73 Å². The first kappa shape index (κ1) is 10.5. The highest BCUT2D eigenvalue weighted by molar-refractivity contribution is 5.90. The number of amides is 1. The third kappa shape index (κ3) is 3.04. The van der Waals surface area contributed by atoms with Crippen molar-refractivity contribution in [2.75, 3.05) is 0 Å². The van der Waals surface area contributed by atoms with Gasteiger partial charge in [0.15, 0.2) is 0 Å². The van der Waals surface area contributed by atoms with Crippen LogP contribution in [0, 0.1) is 6.42 Å². The van der Waals surface area contributed by atoms with Gasteiger partial charge in [-0.1, -0.05) is 6.07 Å². The Balaban J connectivity index is 2.79. The second kappa shape index (κ2) is 3.65. The van der Waals surface area contributed by atoms with Gasteiger partial charge in [-0.2, -0.15) is 13.2 Å². The van der Waals surface area contributed by atoms with Crippen LogP contribution in [0.4, 0.5) is 13.2 Å². The lowest BCUT2D eigenvalue weighted by molar-refractivity contribution is -0.0928. The SMILES string of the molecule is NC(=O)c1ccc([CH]C(F)(F)F)cn1. The number of carbonyl (C=O) groups excluding carboxylic acids is 1. The lowest BCUT2D eigenvalue weighted by Crippen LogP contribution is -2.14. The number of nitrogens with zero attached hydrogens (tertiary/aromatic N) is 1. The summed E-state index contributed by atoms with van der Waals surface area (Å²) in [6, 6.07) is 2.26. The minimum absolute atomic E-state index is 0.0654. The van der Waals surface area contributed by atoms with Crippen LogP contribution in [0.2, 0.25) is 0 Å². The van der Waals surface area contributed by atoms with Crippen LogP contribution in [0.5, 0.6) is 0 Å². The zero-order chi connectivity index (χ0) is 10.8. The number of hydrogen-bond donors (Lipinski definition) is 1. The molecular weight excluding hydrogens is 197 g/mol. The van der Waals surface area contributed by atoms with Crippen LogP contribution in [0.1, 0.15) is 16.1 Å². The largest absolute Gasteiger partial charge is 0.396 e. The molecule has 75 valence electrons. The molecule has 0 unspecified atom stereocenters. The van der Waals surface area contributed by atoms with Crippen molar-refractivity contribution in [1.29, 1.82) is 0 Å². The van der Waals surface area contributed by atoms with Gasteiger partial charge in [-0.15, -0.1) is 0 Å². The maximum Gasteiger partial charge on any atom is 0.396 e. The maximum atomic E-state index is 11.8. The summed E-state index contributed by atoms with van der Waals surface area (Å²) in [5, 5.41) is 0. The molecule has 0 spiro atoms. The molecule has 1 radical (unpaired) electrons. The molecule has 6 heteroatoms. The van der Waals surface area contributed by atoms with Crippen LogP contribution in [0.3, 0.4) is 0 Å². The van der Waals surface area contributed by atoms with Crippen LogP contribution in [-0.2, 0) is 0 Å². The average molecular weight is 203 g/mol. The summed E-state index contributed by atoms with van der Waals surface area (Å²) < 4.78 is 35.5. The number of rotatable bonds is 2. The highest BCUT2D eigenvalue weighted by atomic mass is 19.4. The first-order chi connectivity index (χ1) is 6.38. The lowest BCUT2D eigenvalue weighted by Gasteiger charge is -2.04. The molecule has 0 aliphatic rings. The van der Waals surface area contributed by atoms with Crippen molar-refractivity contribution in [2.45, 2.75) is 6.18 Å². The molecule has 0 aromatic carbocycles. The summed E-state index contributed by atoms with van der Waals surface area (Å²) in [5.74, 6) is -0.774. The zero-order valence-corrected chi connectivity index (χ0v) is 6.88. The van der Waals surface area contributed by atoms with Gasteiger partial charge in [0.25, 0.3) is 5.91 Å². The predicted octanol–water partition coefficient (Wildman–Crippen LogP) is 1.30. The first-order valence-electron chi connectivity index (χ1n) is 3.57. The number of aromatic nitrogens is 1. The molecule has 0 atom stereocenters. The van der Waals surface area contributed by atoms with Crippen molar-refractivity contribution < 1.29 is 18.0 Å². The van der Waals surface area contributed by atoms with E-state index in [0.717, 1.165) is 18.3 Å². The summed E-state index contributed by atoms with van der Waals surface area (Å²) in [6.07, 6.45) is -3.37. The lowest BCUT2D eigenvalue weighted by atomic mass is 10.2. The Bertz CT molecular complexity index is 331. The fourth-order valence-corrected chi connectivity index (χ4v) is 0.825. The molecule has 3 nitrogen and oxygen atoms in total. The fourth-order valence-electron chi connectivity index (χ4n) is 0.825. The minimum Gasteiger partial charge on any atom is -0.364 e. The third-order valence-corrected chi connectivity index (χ3v) is 1.37. The molecule has 2 N–H and O–H groups in total. The molecule has 0 bridgehead atoms. The van der Waals surface area contributed by atoms with Gasteiger partial charge in [-0.05, 0) is 11.6 Å². The van der Waals surface area contributed by atoms with Crippen LogP contribution >= 0.6 is 0 Å². The van der Waals surface area contributed by atoms with Crippen LogP contribution < -0.4 is 5.73 Å². The summed E-state index contributed by atoms with van der Waals surface area (Å²) in [5.41, 5.74) is 4.67. The van der Waals surface area contributed by atoms with Gasteiger partial charge >= 0.3 is 6.18 Å². The molecule has 0 fully saturated rings. The van der Waals surface area contributed by atoms with Gasteiger partial charge in [-0.25, -0.2) is 0 Å². The molecule has 1 amide bonds. The van der Waals surface area contributed by atoms with E-state index in [2.05, 4.69) is 4.98 Å². The van der Waals surface area contributed by atoms with Gasteiger partial charge in [0, 0.05) is 6.20 Å². The van der Waals surface area contributed by atoms with Crippen molar-refractivity contribution in [3.63, 3.8) is 0 Å². The van der Waals surface area contributed by atoms with Gasteiger partial charge < -0.3 is 5.73 Å². The van der Waals surface area contributed by atoms with E-state index in [9.17, 15) is 18.0 Å². The van der Waals surface area contributed by atoms with Crippen LogP contribution in [0.25, 0.3) is 0 Å². The number of primary amides is 1. The second-order valence-corrected chi connectivity index (χ2v) is 2.53. The molecule has 0 aliphatic heterocycles. The quantitative estimate of drug-likeness (QED) is 0.787. The standard InChI is InChI=1S/C8H6F3N2O/c9-8(10,11)3-5-1-2-6(7(12)14)13-4-5/h1-4H,(H2,12,14). The highest BCUT2D eigenvalue weighted by Gasteiger charge is 2.28. The molecular formula is C8H6F3N2O. The summed E-state index contributed by atoms with van der Waals surface area (Å²) >= 11 is 0. The Morgan fingerprint density at radius 1 is 1.43 bits per heavy atom.